The van der Waals surface area contributed by atoms with Crippen molar-refractivity contribution in [3.63, 3.8) is 0 Å². The lowest BCUT2D eigenvalue weighted by molar-refractivity contribution is -0.117. The standard InChI is InChI=1S/C29H36N4O4/c34-26(30-24-14-10-22(11-15-24)28(36)32-18-3-1-4-19-32)8-7-9-27(35)31-25-16-12-23(13-17-25)29(37)33-20-5-2-6-21-33/h10-17H,1-9,18-21H2,(H,30,34)(H,31,35). The number of hydrogen-bond acceptors (Lipinski definition) is 4. The number of carbonyl (C=O) groups is 4. The second-order valence-electron chi connectivity index (χ2n) is 9.81. The topological polar surface area (TPSA) is 98.8 Å². The van der Waals surface area contributed by atoms with Crippen LogP contribution in [0.3, 0.4) is 0 Å². The molecule has 0 aromatic heterocycles. The fraction of sp³-hybridized carbons (Fsp3) is 0.448. The summed E-state index contributed by atoms with van der Waals surface area (Å²) in [5.74, 6) is -0.286. The highest BCUT2D eigenvalue weighted by atomic mass is 16.2. The van der Waals surface area contributed by atoms with Crippen LogP contribution < -0.4 is 10.6 Å². The molecule has 0 radical (unpaired) electrons. The molecule has 2 saturated heterocycles. The van der Waals surface area contributed by atoms with E-state index in [2.05, 4.69) is 10.6 Å². The van der Waals surface area contributed by atoms with E-state index in [4.69, 9.17) is 0 Å². The molecule has 4 amide bonds. The summed E-state index contributed by atoms with van der Waals surface area (Å²) in [5, 5.41) is 5.65. The van der Waals surface area contributed by atoms with Gasteiger partial charge in [0.15, 0.2) is 0 Å². The first-order valence-corrected chi connectivity index (χ1v) is 13.4. The molecule has 2 aromatic rings. The summed E-state index contributed by atoms with van der Waals surface area (Å²) in [6.07, 6.45) is 7.36. The van der Waals surface area contributed by atoms with Gasteiger partial charge in [-0.3, -0.25) is 19.2 Å². The van der Waals surface area contributed by atoms with Gasteiger partial charge in [0.1, 0.15) is 0 Å². The zero-order valence-electron chi connectivity index (χ0n) is 21.3. The summed E-state index contributed by atoms with van der Waals surface area (Å²) in [6, 6.07) is 13.9. The molecule has 2 N–H and O–H groups in total. The minimum absolute atomic E-state index is 0.0341. The van der Waals surface area contributed by atoms with E-state index in [0.717, 1.165) is 51.9 Å². The lowest BCUT2D eigenvalue weighted by Gasteiger charge is -2.26. The third-order valence-corrected chi connectivity index (χ3v) is 6.93. The Labute approximate surface area is 218 Å². The monoisotopic (exact) mass is 504 g/mol. The van der Waals surface area contributed by atoms with Crippen molar-refractivity contribution in [1.82, 2.24) is 9.80 Å². The molecular weight excluding hydrogens is 468 g/mol. The maximum atomic E-state index is 12.6. The molecule has 8 heteroatoms. The van der Waals surface area contributed by atoms with Gasteiger partial charge in [-0.05, 0) is 93.5 Å². The van der Waals surface area contributed by atoms with Crippen molar-refractivity contribution < 1.29 is 19.2 Å². The third-order valence-electron chi connectivity index (χ3n) is 6.93. The van der Waals surface area contributed by atoms with Gasteiger partial charge < -0.3 is 20.4 Å². The quantitative estimate of drug-likeness (QED) is 0.545. The van der Waals surface area contributed by atoms with E-state index in [-0.39, 0.29) is 36.5 Å². The van der Waals surface area contributed by atoms with E-state index >= 15 is 0 Å². The summed E-state index contributed by atoms with van der Waals surface area (Å²) >= 11 is 0. The van der Waals surface area contributed by atoms with Crippen LogP contribution >= 0.6 is 0 Å². The molecule has 0 saturated carbocycles. The highest BCUT2D eigenvalue weighted by Gasteiger charge is 2.19. The molecule has 0 atom stereocenters. The van der Waals surface area contributed by atoms with Gasteiger partial charge in [-0.15, -0.1) is 0 Å². The summed E-state index contributed by atoms with van der Waals surface area (Å²) in [4.78, 5) is 53.5. The number of hydrogen-bond donors (Lipinski definition) is 2. The molecule has 196 valence electrons. The number of piperidine rings is 2. The van der Waals surface area contributed by atoms with Gasteiger partial charge in [0.05, 0.1) is 0 Å². The number of amides is 4. The number of rotatable bonds is 8. The molecule has 2 aliphatic rings. The molecule has 0 aliphatic carbocycles. The largest absolute Gasteiger partial charge is 0.339 e. The van der Waals surface area contributed by atoms with Gasteiger partial charge in [0, 0.05) is 61.5 Å². The summed E-state index contributed by atoms with van der Waals surface area (Å²) < 4.78 is 0. The Bertz CT molecular complexity index is 998. The summed E-state index contributed by atoms with van der Waals surface area (Å²) in [7, 11) is 0. The van der Waals surface area contributed by atoms with Gasteiger partial charge in [0.25, 0.3) is 11.8 Å². The number of nitrogens with one attached hydrogen (secondary N) is 2. The second kappa shape index (κ2) is 13.0. The van der Waals surface area contributed by atoms with Gasteiger partial charge in [-0.2, -0.15) is 0 Å². The number of benzene rings is 2. The van der Waals surface area contributed by atoms with Crippen molar-refractivity contribution >= 4 is 35.0 Å². The minimum atomic E-state index is -0.177. The smallest absolute Gasteiger partial charge is 0.253 e. The van der Waals surface area contributed by atoms with E-state index in [0.29, 0.717) is 28.9 Å². The van der Waals surface area contributed by atoms with Crippen molar-refractivity contribution in [2.45, 2.75) is 57.8 Å². The van der Waals surface area contributed by atoms with E-state index in [1.165, 1.54) is 12.8 Å². The number of likely N-dealkylation sites (tertiary alicyclic amines) is 2. The Hall–Kier alpha value is -3.68. The molecule has 2 heterocycles. The maximum absolute atomic E-state index is 12.6. The summed E-state index contributed by atoms with van der Waals surface area (Å²) in [5.41, 5.74) is 2.51. The van der Waals surface area contributed by atoms with E-state index in [1.54, 1.807) is 48.5 Å². The van der Waals surface area contributed by atoms with Crippen molar-refractivity contribution in [2.75, 3.05) is 36.8 Å². The first-order valence-electron chi connectivity index (χ1n) is 13.4. The Morgan fingerprint density at radius 1 is 0.541 bits per heavy atom. The zero-order chi connectivity index (χ0) is 26.0. The molecule has 0 bridgehead atoms. The SMILES string of the molecule is O=C(CCCC(=O)Nc1ccc(C(=O)N2CCCCC2)cc1)Nc1ccc(C(=O)N2CCCCC2)cc1. The molecule has 0 spiro atoms. The number of nitrogens with zero attached hydrogens (tertiary/aromatic N) is 2. The summed E-state index contributed by atoms with van der Waals surface area (Å²) in [6.45, 7) is 3.20. The predicted octanol–water partition coefficient (Wildman–Crippen LogP) is 4.69. The van der Waals surface area contributed by atoms with Crippen molar-refractivity contribution in [3.8, 4) is 0 Å². The third kappa shape index (κ3) is 7.65. The minimum Gasteiger partial charge on any atom is -0.339 e. The zero-order valence-corrected chi connectivity index (χ0v) is 21.3. The molecular formula is C29H36N4O4. The van der Waals surface area contributed by atoms with E-state index in [1.807, 2.05) is 9.80 Å². The van der Waals surface area contributed by atoms with Gasteiger partial charge in [0.2, 0.25) is 11.8 Å². The van der Waals surface area contributed by atoms with Crippen molar-refractivity contribution in [3.05, 3.63) is 59.7 Å². The van der Waals surface area contributed by atoms with Crippen LogP contribution in [0.1, 0.15) is 78.5 Å². The molecule has 4 rings (SSSR count). The van der Waals surface area contributed by atoms with Crippen LogP contribution in [0.15, 0.2) is 48.5 Å². The van der Waals surface area contributed by atoms with Gasteiger partial charge in [-0.1, -0.05) is 0 Å². The van der Waals surface area contributed by atoms with Gasteiger partial charge >= 0.3 is 0 Å². The predicted molar refractivity (Wildman–Crippen MR) is 144 cm³/mol. The molecule has 8 nitrogen and oxygen atoms in total. The van der Waals surface area contributed by atoms with Crippen LogP contribution in [0.2, 0.25) is 0 Å². The van der Waals surface area contributed by atoms with E-state index < -0.39 is 0 Å². The number of carbonyl (C=O) groups excluding carboxylic acids is 4. The second-order valence-corrected chi connectivity index (χ2v) is 9.81. The van der Waals surface area contributed by atoms with Crippen LogP contribution in [0.4, 0.5) is 11.4 Å². The molecule has 37 heavy (non-hydrogen) atoms. The van der Waals surface area contributed by atoms with Crippen LogP contribution in [0.25, 0.3) is 0 Å². The molecule has 2 aliphatic heterocycles. The lowest BCUT2D eigenvalue weighted by Crippen LogP contribution is -2.35. The van der Waals surface area contributed by atoms with Crippen LogP contribution in [-0.2, 0) is 9.59 Å². The Kier molecular flexibility index (Phi) is 9.29. The fourth-order valence-electron chi connectivity index (χ4n) is 4.81. The Morgan fingerprint density at radius 2 is 0.892 bits per heavy atom. The number of anilines is 2. The Balaban J connectivity index is 1.16. The van der Waals surface area contributed by atoms with Crippen LogP contribution in [0, 0.1) is 0 Å². The molecule has 2 fully saturated rings. The molecule has 0 unspecified atom stereocenters. The Morgan fingerprint density at radius 3 is 1.24 bits per heavy atom. The average molecular weight is 505 g/mol. The average Bonchev–Trinajstić information content (AvgIpc) is 2.94. The maximum Gasteiger partial charge on any atom is 0.253 e. The van der Waals surface area contributed by atoms with Crippen molar-refractivity contribution in [1.29, 1.82) is 0 Å². The highest BCUT2D eigenvalue weighted by molar-refractivity contribution is 5.97. The van der Waals surface area contributed by atoms with Crippen molar-refractivity contribution in [2.24, 2.45) is 0 Å². The fourth-order valence-corrected chi connectivity index (χ4v) is 4.81. The van der Waals surface area contributed by atoms with E-state index in [9.17, 15) is 19.2 Å². The first-order chi connectivity index (χ1) is 18.0. The molecule has 2 aromatic carbocycles. The van der Waals surface area contributed by atoms with Crippen LogP contribution in [-0.4, -0.2) is 59.6 Å². The van der Waals surface area contributed by atoms with Crippen LogP contribution in [0.5, 0.6) is 0 Å². The highest BCUT2D eigenvalue weighted by Crippen LogP contribution is 2.17. The lowest BCUT2D eigenvalue weighted by atomic mass is 10.1. The normalized spacial score (nSPS) is 15.7. The van der Waals surface area contributed by atoms with Gasteiger partial charge in [-0.25, -0.2) is 0 Å². The first kappa shape index (κ1) is 26.4.